The zero-order valence-corrected chi connectivity index (χ0v) is 14.4. The molecule has 1 saturated heterocycles. The number of rotatable bonds is 7. The number of ether oxygens (including phenoxy) is 2. The number of sulfonamides is 1. The first-order valence-corrected chi connectivity index (χ1v) is 9.90. The predicted octanol–water partition coefficient (Wildman–Crippen LogP) is 2.43. The fourth-order valence-electron chi connectivity index (χ4n) is 3.25. The van der Waals surface area contributed by atoms with E-state index >= 15 is 0 Å². The maximum Gasteiger partial charge on any atom is 0.237 e. The van der Waals surface area contributed by atoms with Gasteiger partial charge in [0.15, 0.2) is 0 Å². The minimum atomic E-state index is -3.41. The average molecular weight is 339 g/mol. The van der Waals surface area contributed by atoms with E-state index < -0.39 is 10.0 Å². The largest absolute Gasteiger partial charge is 0.381 e. The van der Waals surface area contributed by atoms with Gasteiger partial charge in [-0.3, -0.25) is 4.31 Å². The summed E-state index contributed by atoms with van der Waals surface area (Å²) in [4.78, 5) is 0. The fourth-order valence-corrected chi connectivity index (χ4v) is 5.35. The number of hydrogen-bond acceptors (Lipinski definition) is 4. The molecule has 0 amide bonds. The Hall–Kier alpha value is -1.11. The van der Waals surface area contributed by atoms with Crippen LogP contribution in [-0.2, 0) is 19.5 Å². The van der Waals surface area contributed by atoms with Crippen molar-refractivity contribution < 1.29 is 17.9 Å². The van der Waals surface area contributed by atoms with Crippen LogP contribution in [0.4, 0.5) is 5.69 Å². The molecular weight excluding hydrogens is 314 g/mol. The van der Waals surface area contributed by atoms with E-state index in [0.717, 1.165) is 31.4 Å². The van der Waals surface area contributed by atoms with Crippen molar-refractivity contribution >= 4 is 15.7 Å². The van der Waals surface area contributed by atoms with E-state index in [1.165, 1.54) is 0 Å². The second kappa shape index (κ2) is 7.20. The number of benzene rings is 1. The van der Waals surface area contributed by atoms with E-state index in [2.05, 4.69) is 0 Å². The van der Waals surface area contributed by atoms with Crippen molar-refractivity contribution in [3.05, 3.63) is 30.3 Å². The Morgan fingerprint density at radius 3 is 2.39 bits per heavy atom. The van der Waals surface area contributed by atoms with Gasteiger partial charge in [0.2, 0.25) is 10.0 Å². The highest BCUT2D eigenvalue weighted by Gasteiger charge is 2.39. The van der Waals surface area contributed by atoms with E-state index in [-0.39, 0.29) is 23.8 Å². The summed E-state index contributed by atoms with van der Waals surface area (Å²) in [7, 11) is -1.79. The molecule has 23 heavy (non-hydrogen) atoms. The van der Waals surface area contributed by atoms with E-state index in [0.29, 0.717) is 13.2 Å². The van der Waals surface area contributed by atoms with Gasteiger partial charge >= 0.3 is 0 Å². The van der Waals surface area contributed by atoms with Crippen molar-refractivity contribution in [2.45, 2.75) is 37.8 Å². The third-order valence-electron chi connectivity index (χ3n) is 4.66. The molecule has 128 valence electrons. The van der Waals surface area contributed by atoms with Crippen LogP contribution < -0.4 is 4.31 Å². The van der Waals surface area contributed by atoms with Gasteiger partial charge < -0.3 is 9.47 Å². The van der Waals surface area contributed by atoms with Crippen molar-refractivity contribution in [3.8, 4) is 0 Å². The van der Waals surface area contributed by atoms with Crippen molar-refractivity contribution in [1.29, 1.82) is 0 Å². The number of hydrogen-bond donors (Lipinski definition) is 0. The molecule has 0 aromatic heterocycles. The number of methoxy groups -OCH3 is 1. The van der Waals surface area contributed by atoms with Crippen LogP contribution in [0.1, 0.15) is 25.7 Å². The van der Waals surface area contributed by atoms with Gasteiger partial charge in [0.1, 0.15) is 0 Å². The molecule has 3 rings (SSSR count). The van der Waals surface area contributed by atoms with Gasteiger partial charge in [-0.05, 0) is 43.7 Å². The summed E-state index contributed by atoms with van der Waals surface area (Å²) >= 11 is 0. The first kappa shape index (κ1) is 16.7. The van der Waals surface area contributed by atoms with Crippen molar-refractivity contribution in [1.82, 2.24) is 0 Å². The fraction of sp³-hybridized carbons (Fsp3) is 0.647. The van der Waals surface area contributed by atoms with Crippen LogP contribution in [0.2, 0.25) is 0 Å². The molecule has 1 aliphatic carbocycles. The first-order valence-electron chi connectivity index (χ1n) is 8.29. The molecule has 1 saturated carbocycles. The van der Waals surface area contributed by atoms with Crippen molar-refractivity contribution in [2.75, 3.05) is 30.4 Å². The minimum Gasteiger partial charge on any atom is -0.381 e. The summed E-state index contributed by atoms with van der Waals surface area (Å²) in [6, 6.07) is 9.51. The maximum absolute atomic E-state index is 13.0. The lowest BCUT2D eigenvalue weighted by molar-refractivity contribution is -0.00324. The van der Waals surface area contributed by atoms with E-state index in [1.54, 1.807) is 11.4 Å². The minimum absolute atomic E-state index is 0.0412. The number of para-hydroxylation sites is 1. The summed E-state index contributed by atoms with van der Waals surface area (Å²) in [5.41, 5.74) is 0.761. The Morgan fingerprint density at radius 1 is 1.17 bits per heavy atom. The van der Waals surface area contributed by atoms with Gasteiger partial charge in [0.25, 0.3) is 0 Å². The van der Waals surface area contributed by atoms with Gasteiger partial charge in [0, 0.05) is 26.4 Å². The molecule has 0 radical (unpaired) electrons. The Balaban J connectivity index is 1.78. The van der Waals surface area contributed by atoms with Crippen LogP contribution in [0, 0.1) is 5.92 Å². The SMILES string of the molecule is COC(CS(=O)(=O)N(c1ccccc1)C1CC1)C1CCOCC1. The van der Waals surface area contributed by atoms with Gasteiger partial charge in [-0.25, -0.2) is 8.42 Å². The molecule has 5 nitrogen and oxygen atoms in total. The molecule has 0 spiro atoms. The van der Waals surface area contributed by atoms with Gasteiger partial charge in [-0.15, -0.1) is 0 Å². The lowest BCUT2D eigenvalue weighted by atomic mass is 9.95. The molecule has 2 fully saturated rings. The summed E-state index contributed by atoms with van der Waals surface area (Å²) in [6.45, 7) is 1.38. The molecule has 0 bridgehead atoms. The standard InChI is InChI=1S/C17H25NO4S/c1-21-17(14-9-11-22-12-10-14)13-23(19,20)18(16-7-8-16)15-5-3-2-4-6-15/h2-6,14,16-17H,7-13H2,1H3. The van der Waals surface area contributed by atoms with Crippen molar-refractivity contribution in [2.24, 2.45) is 5.92 Å². The topological polar surface area (TPSA) is 55.8 Å². The first-order chi connectivity index (χ1) is 11.1. The van der Waals surface area contributed by atoms with Gasteiger partial charge in [0.05, 0.1) is 17.5 Å². The number of anilines is 1. The highest BCUT2D eigenvalue weighted by Crippen LogP contribution is 2.35. The van der Waals surface area contributed by atoms with Gasteiger partial charge in [-0.1, -0.05) is 18.2 Å². The molecule has 6 heteroatoms. The Labute approximate surface area is 138 Å². The molecule has 1 unspecified atom stereocenters. The third kappa shape index (κ3) is 4.05. The molecule has 1 aromatic carbocycles. The van der Waals surface area contributed by atoms with Gasteiger partial charge in [-0.2, -0.15) is 0 Å². The zero-order valence-electron chi connectivity index (χ0n) is 13.6. The van der Waals surface area contributed by atoms with Crippen LogP contribution in [0.3, 0.4) is 0 Å². The van der Waals surface area contributed by atoms with Crippen LogP contribution in [-0.4, -0.2) is 46.6 Å². The molecular formula is C17H25NO4S. The molecule has 1 atom stereocenters. The Morgan fingerprint density at radius 2 is 1.83 bits per heavy atom. The molecule has 1 aliphatic heterocycles. The van der Waals surface area contributed by atoms with Crippen molar-refractivity contribution in [3.63, 3.8) is 0 Å². The van der Waals surface area contributed by atoms with E-state index in [9.17, 15) is 8.42 Å². The monoisotopic (exact) mass is 339 g/mol. The molecule has 1 aromatic rings. The second-order valence-electron chi connectivity index (χ2n) is 6.37. The maximum atomic E-state index is 13.0. The van der Waals surface area contributed by atoms with Crippen LogP contribution in [0.5, 0.6) is 0 Å². The molecule has 0 N–H and O–H groups in total. The zero-order chi connectivity index (χ0) is 16.3. The van der Waals surface area contributed by atoms with Crippen LogP contribution in [0.15, 0.2) is 30.3 Å². The van der Waals surface area contributed by atoms with Crippen LogP contribution in [0.25, 0.3) is 0 Å². The Bertz CT molecular complexity index is 594. The summed E-state index contributed by atoms with van der Waals surface area (Å²) in [5.74, 6) is 0.292. The number of nitrogens with zero attached hydrogens (tertiary/aromatic N) is 1. The lowest BCUT2D eigenvalue weighted by Gasteiger charge is -2.32. The molecule has 1 heterocycles. The highest BCUT2D eigenvalue weighted by atomic mass is 32.2. The highest BCUT2D eigenvalue weighted by molar-refractivity contribution is 7.92. The summed E-state index contributed by atoms with van der Waals surface area (Å²) in [6.07, 6.45) is 3.33. The predicted molar refractivity (Wildman–Crippen MR) is 90.1 cm³/mol. The molecule has 2 aliphatic rings. The third-order valence-corrected chi connectivity index (χ3v) is 6.52. The summed E-state index contributed by atoms with van der Waals surface area (Å²) in [5, 5.41) is 0. The normalized spacial score (nSPS) is 21.1. The summed E-state index contributed by atoms with van der Waals surface area (Å²) < 4.78 is 38.6. The van der Waals surface area contributed by atoms with Crippen LogP contribution >= 0.6 is 0 Å². The lowest BCUT2D eigenvalue weighted by Crippen LogP contribution is -2.42. The van der Waals surface area contributed by atoms with E-state index in [4.69, 9.17) is 9.47 Å². The average Bonchev–Trinajstić information content (AvgIpc) is 3.39. The smallest absolute Gasteiger partial charge is 0.237 e. The second-order valence-corrected chi connectivity index (χ2v) is 8.26. The Kier molecular flexibility index (Phi) is 5.24. The van der Waals surface area contributed by atoms with E-state index in [1.807, 2.05) is 30.3 Å². The quantitative estimate of drug-likeness (QED) is 0.765.